The highest BCUT2D eigenvalue weighted by Gasteiger charge is 2.57. The molecule has 0 spiro atoms. The SMILES string of the molecule is CC(C(=O)N1CCOCC1)C(OC(N)=O)(C(=O)c1nc2ccccc2s1)C(C)C1CCCCC1. The smallest absolute Gasteiger partial charge is 0.405 e. The van der Waals surface area contributed by atoms with Crippen molar-refractivity contribution in [3.63, 3.8) is 0 Å². The Bertz CT molecular complexity index is 1010. The van der Waals surface area contributed by atoms with Gasteiger partial charge in [0.1, 0.15) is 0 Å². The van der Waals surface area contributed by atoms with Crippen molar-refractivity contribution in [1.82, 2.24) is 9.88 Å². The second-order valence-electron chi connectivity index (χ2n) is 9.38. The van der Waals surface area contributed by atoms with Crippen LogP contribution in [-0.2, 0) is 14.3 Å². The number of para-hydroxylation sites is 1. The molecule has 184 valence electrons. The Morgan fingerprint density at radius 1 is 1.15 bits per heavy atom. The topological polar surface area (TPSA) is 112 Å². The van der Waals surface area contributed by atoms with Crippen molar-refractivity contribution in [3.05, 3.63) is 29.3 Å². The molecule has 1 aliphatic carbocycles. The number of fused-ring (bicyclic) bond motifs is 1. The van der Waals surface area contributed by atoms with E-state index in [9.17, 15) is 14.4 Å². The predicted octanol–water partition coefficient (Wildman–Crippen LogP) is 4.02. The van der Waals surface area contributed by atoms with E-state index >= 15 is 0 Å². The van der Waals surface area contributed by atoms with Crippen LogP contribution < -0.4 is 5.73 Å². The summed E-state index contributed by atoms with van der Waals surface area (Å²) in [6.45, 7) is 5.35. The highest BCUT2D eigenvalue weighted by molar-refractivity contribution is 7.20. The fraction of sp³-hybridized carbons (Fsp3) is 0.600. The van der Waals surface area contributed by atoms with Crippen LogP contribution in [0.5, 0.6) is 0 Å². The number of ketones is 1. The van der Waals surface area contributed by atoms with Crippen LogP contribution in [0.25, 0.3) is 10.2 Å². The van der Waals surface area contributed by atoms with E-state index < -0.39 is 29.3 Å². The number of morpholine rings is 1. The zero-order chi connectivity index (χ0) is 24.3. The Morgan fingerprint density at radius 3 is 2.47 bits per heavy atom. The number of primary amides is 1. The number of rotatable bonds is 7. The van der Waals surface area contributed by atoms with Crippen molar-refractivity contribution in [2.45, 2.75) is 51.6 Å². The molecule has 1 aliphatic heterocycles. The number of carbonyl (C=O) groups is 3. The Hall–Kier alpha value is -2.52. The van der Waals surface area contributed by atoms with Crippen molar-refractivity contribution in [1.29, 1.82) is 0 Å². The third-order valence-electron chi connectivity index (χ3n) is 7.48. The quantitative estimate of drug-likeness (QED) is 0.590. The molecule has 0 radical (unpaired) electrons. The summed E-state index contributed by atoms with van der Waals surface area (Å²) in [5.74, 6) is -1.87. The first-order valence-corrected chi connectivity index (χ1v) is 12.9. The van der Waals surface area contributed by atoms with Gasteiger partial charge in [-0.25, -0.2) is 9.78 Å². The summed E-state index contributed by atoms with van der Waals surface area (Å²) in [6.07, 6.45) is 4.00. The first-order chi connectivity index (χ1) is 16.3. The summed E-state index contributed by atoms with van der Waals surface area (Å²) in [5, 5.41) is 0.228. The Labute approximate surface area is 203 Å². The Kier molecular flexibility index (Phi) is 7.52. The minimum atomic E-state index is -1.74. The minimum absolute atomic E-state index is 0.131. The van der Waals surface area contributed by atoms with Gasteiger partial charge in [0.15, 0.2) is 10.6 Å². The average molecular weight is 488 g/mol. The van der Waals surface area contributed by atoms with E-state index in [-0.39, 0.29) is 16.8 Å². The van der Waals surface area contributed by atoms with Crippen molar-refractivity contribution < 1.29 is 23.9 Å². The van der Waals surface area contributed by atoms with Crippen molar-refractivity contribution in [3.8, 4) is 0 Å². The molecule has 1 saturated carbocycles. The Balaban J connectivity index is 1.81. The molecule has 1 aromatic heterocycles. The van der Waals surface area contributed by atoms with E-state index in [1.807, 2.05) is 31.2 Å². The molecule has 8 nitrogen and oxygen atoms in total. The minimum Gasteiger partial charge on any atom is -0.433 e. The lowest BCUT2D eigenvalue weighted by Gasteiger charge is -2.45. The molecule has 0 bridgehead atoms. The van der Waals surface area contributed by atoms with Crippen molar-refractivity contribution in [2.75, 3.05) is 26.3 Å². The lowest BCUT2D eigenvalue weighted by molar-refractivity contribution is -0.150. The largest absolute Gasteiger partial charge is 0.433 e. The van der Waals surface area contributed by atoms with Gasteiger partial charge in [-0.1, -0.05) is 51.2 Å². The van der Waals surface area contributed by atoms with Gasteiger partial charge < -0.3 is 20.1 Å². The molecular weight excluding hydrogens is 454 g/mol. The summed E-state index contributed by atoms with van der Waals surface area (Å²) < 4.78 is 12.1. The van der Waals surface area contributed by atoms with E-state index in [0.717, 1.165) is 36.8 Å². The van der Waals surface area contributed by atoms with Gasteiger partial charge in [-0.2, -0.15) is 0 Å². The summed E-state index contributed by atoms with van der Waals surface area (Å²) in [7, 11) is 0. The number of nitrogens with two attached hydrogens (primary N) is 1. The molecule has 34 heavy (non-hydrogen) atoms. The first-order valence-electron chi connectivity index (χ1n) is 12.1. The van der Waals surface area contributed by atoms with Gasteiger partial charge in [0.05, 0.1) is 29.3 Å². The third-order valence-corrected chi connectivity index (χ3v) is 8.52. The molecule has 4 rings (SSSR count). The molecule has 2 fully saturated rings. The average Bonchev–Trinajstić information content (AvgIpc) is 3.31. The van der Waals surface area contributed by atoms with Crippen LogP contribution >= 0.6 is 11.3 Å². The number of Topliss-reactive ketones (excluding diaryl/α,β-unsaturated/α-hetero) is 1. The van der Waals surface area contributed by atoms with Gasteiger partial charge >= 0.3 is 6.09 Å². The number of ether oxygens (including phenoxy) is 2. The molecular formula is C25H33N3O5S. The monoisotopic (exact) mass is 487 g/mol. The molecule has 9 heteroatoms. The van der Waals surface area contributed by atoms with Gasteiger partial charge in [-0.3, -0.25) is 9.59 Å². The number of thiazole rings is 1. The lowest BCUT2D eigenvalue weighted by atomic mass is 9.66. The van der Waals surface area contributed by atoms with Crippen molar-refractivity contribution >= 4 is 39.3 Å². The highest BCUT2D eigenvalue weighted by Crippen LogP contribution is 2.44. The number of amides is 2. The maximum absolute atomic E-state index is 14.3. The van der Waals surface area contributed by atoms with Crippen LogP contribution in [0.2, 0.25) is 0 Å². The van der Waals surface area contributed by atoms with E-state index in [1.165, 1.54) is 11.3 Å². The van der Waals surface area contributed by atoms with Crippen LogP contribution in [0.15, 0.2) is 24.3 Å². The fourth-order valence-electron chi connectivity index (χ4n) is 5.55. The predicted molar refractivity (Wildman–Crippen MR) is 130 cm³/mol. The first kappa shape index (κ1) is 24.6. The fourth-order valence-corrected chi connectivity index (χ4v) is 6.52. The van der Waals surface area contributed by atoms with Crippen molar-refractivity contribution in [2.24, 2.45) is 23.5 Å². The van der Waals surface area contributed by atoms with Gasteiger partial charge in [0.25, 0.3) is 0 Å². The number of carbonyl (C=O) groups excluding carboxylic acids is 3. The number of hydrogen-bond acceptors (Lipinski definition) is 7. The maximum atomic E-state index is 14.3. The van der Waals surface area contributed by atoms with Crippen LogP contribution in [0, 0.1) is 17.8 Å². The second kappa shape index (κ2) is 10.4. The zero-order valence-electron chi connectivity index (χ0n) is 19.8. The summed E-state index contributed by atoms with van der Waals surface area (Å²) in [4.78, 5) is 46.5. The lowest BCUT2D eigenvalue weighted by Crippen LogP contribution is -2.61. The van der Waals surface area contributed by atoms with Crippen LogP contribution in [0.4, 0.5) is 4.79 Å². The maximum Gasteiger partial charge on any atom is 0.405 e. The standard InChI is InChI=1S/C25H33N3O5S/c1-16(18-8-4-3-5-9-18)25(33-24(26)31,17(2)23(30)28-12-14-32-15-13-28)21(29)22-27-19-10-6-7-11-20(19)34-22/h6-7,10-11,16-18H,3-5,8-9,12-15H2,1-2H3,(H2,26,31). The Morgan fingerprint density at radius 2 is 1.82 bits per heavy atom. The molecule has 2 aromatic rings. The highest BCUT2D eigenvalue weighted by atomic mass is 32.1. The van der Waals surface area contributed by atoms with Crippen LogP contribution in [-0.4, -0.2) is 59.6 Å². The number of nitrogens with zero attached hydrogens (tertiary/aromatic N) is 2. The molecule has 2 heterocycles. The van der Waals surface area contributed by atoms with Gasteiger partial charge in [-0.05, 0) is 25.0 Å². The number of hydrogen-bond donors (Lipinski definition) is 1. The molecule has 1 aromatic carbocycles. The number of benzene rings is 1. The van der Waals surface area contributed by atoms with Gasteiger partial charge in [-0.15, -0.1) is 11.3 Å². The molecule has 3 atom stereocenters. The van der Waals surface area contributed by atoms with E-state index in [1.54, 1.807) is 11.8 Å². The summed E-state index contributed by atoms with van der Waals surface area (Å²) >= 11 is 1.25. The van der Waals surface area contributed by atoms with E-state index in [4.69, 9.17) is 15.2 Å². The molecule has 2 N–H and O–H groups in total. The molecule has 2 amide bonds. The number of aromatic nitrogens is 1. The molecule has 2 aliphatic rings. The zero-order valence-corrected chi connectivity index (χ0v) is 20.6. The van der Waals surface area contributed by atoms with E-state index in [2.05, 4.69) is 4.98 Å². The second-order valence-corrected chi connectivity index (χ2v) is 10.4. The summed E-state index contributed by atoms with van der Waals surface area (Å²) in [5.41, 5.74) is 4.53. The van der Waals surface area contributed by atoms with Crippen LogP contribution in [0.1, 0.15) is 55.8 Å². The van der Waals surface area contributed by atoms with Gasteiger partial charge in [0.2, 0.25) is 11.7 Å². The molecule has 3 unspecified atom stereocenters. The molecule has 1 saturated heterocycles. The van der Waals surface area contributed by atoms with Crippen LogP contribution in [0.3, 0.4) is 0 Å². The normalized spacial score (nSPS) is 20.9. The summed E-state index contributed by atoms with van der Waals surface area (Å²) in [6, 6.07) is 7.48. The van der Waals surface area contributed by atoms with Gasteiger partial charge in [0, 0.05) is 19.0 Å². The third kappa shape index (κ3) is 4.68. The van der Waals surface area contributed by atoms with E-state index in [0.29, 0.717) is 31.8 Å².